The lowest BCUT2D eigenvalue weighted by atomic mass is 9.84. The summed E-state index contributed by atoms with van der Waals surface area (Å²) in [5.41, 5.74) is 3.20. The van der Waals surface area contributed by atoms with E-state index in [2.05, 4.69) is 20.8 Å². The van der Waals surface area contributed by atoms with E-state index in [0.717, 1.165) is 11.1 Å². The number of hydrogen-bond donors (Lipinski definition) is 1. The molecule has 8 heteroatoms. The van der Waals surface area contributed by atoms with E-state index in [1.165, 1.54) is 4.31 Å². The van der Waals surface area contributed by atoms with Gasteiger partial charge in [0.15, 0.2) is 11.5 Å². The zero-order valence-electron chi connectivity index (χ0n) is 21.8. The predicted octanol–water partition coefficient (Wildman–Crippen LogP) is 5.91. The maximum atomic E-state index is 14.3. The van der Waals surface area contributed by atoms with Crippen LogP contribution in [0, 0.1) is 6.92 Å². The fourth-order valence-electron chi connectivity index (χ4n) is 5.01. The Hall–Kier alpha value is -3.62. The molecule has 2 heterocycles. The largest absolute Gasteiger partial charge is 0.478 e. The van der Waals surface area contributed by atoms with E-state index in [-0.39, 0.29) is 29.1 Å². The molecule has 38 heavy (non-hydrogen) atoms. The molecule has 2 aliphatic heterocycles. The van der Waals surface area contributed by atoms with Crippen molar-refractivity contribution in [2.24, 2.45) is 0 Å². The maximum Gasteiger partial charge on any atom is 0.333 e. The van der Waals surface area contributed by atoms with Gasteiger partial charge in [-0.1, -0.05) is 74.9 Å². The number of hydrogen-bond acceptors (Lipinski definition) is 5. The van der Waals surface area contributed by atoms with Crippen LogP contribution in [0.25, 0.3) is 0 Å². The van der Waals surface area contributed by atoms with E-state index in [4.69, 9.17) is 9.47 Å². The van der Waals surface area contributed by atoms with Gasteiger partial charge >= 0.3 is 5.97 Å². The molecule has 0 saturated carbocycles. The molecule has 7 nitrogen and oxygen atoms in total. The van der Waals surface area contributed by atoms with E-state index in [9.17, 15) is 18.3 Å². The van der Waals surface area contributed by atoms with Gasteiger partial charge in [-0.15, -0.1) is 0 Å². The lowest BCUT2D eigenvalue weighted by Crippen LogP contribution is -2.42. The number of nitrogens with zero attached hydrogens (tertiary/aromatic N) is 1. The van der Waals surface area contributed by atoms with E-state index in [1.54, 1.807) is 42.5 Å². The van der Waals surface area contributed by atoms with Gasteiger partial charge in [0.2, 0.25) is 16.8 Å². The molecular formula is C30H31NO6S. The van der Waals surface area contributed by atoms with Crippen LogP contribution in [0.3, 0.4) is 0 Å². The van der Waals surface area contributed by atoms with Crippen molar-refractivity contribution >= 4 is 16.0 Å². The number of carboxylic acid groups (broad SMARTS) is 1. The Kier molecular flexibility index (Phi) is 6.57. The van der Waals surface area contributed by atoms with Crippen LogP contribution in [0.15, 0.2) is 83.3 Å². The highest BCUT2D eigenvalue weighted by atomic mass is 32.2. The van der Waals surface area contributed by atoms with Crippen LogP contribution in [-0.2, 0) is 20.2 Å². The van der Waals surface area contributed by atoms with Crippen LogP contribution in [-0.4, -0.2) is 30.6 Å². The molecular weight excluding hydrogens is 502 g/mol. The Morgan fingerprint density at radius 1 is 0.921 bits per heavy atom. The number of aryl methyl sites for hydroxylation is 1. The van der Waals surface area contributed by atoms with Gasteiger partial charge in [0.1, 0.15) is 0 Å². The predicted molar refractivity (Wildman–Crippen MR) is 144 cm³/mol. The second-order valence-electron chi connectivity index (χ2n) is 10.8. The van der Waals surface area contributed by atoms with E-state index in [0.29, 0.717) is 22.6 Å². The van der Waals surface area contributed by atoms with E-state index < -0.39 is 28.1 Å². The highest BCUT2D eigenvalue weighted by molar-refractivity contribution is 7.89. The second-order valence-corrected chi connectivity index (χ2v) is 12.6. The number of rotatable bonds is 5. The van der Waals surface area contributed by atoms with Crippen molar-refractivity contribution < 1.29 is 27.8 Å². The number of fused-ring (bicyclic) bond motifs is 1. The van der Waals surface area contributed by atoms with Gasteiger partial charge in [0.25, 0.3) is 0 Å². The Bertz CT molecular complexity index is 1500. The van der Waals surface area contributed by atoms with Crippen molar-refractivity contribution in [1.29, 1.82) is 0 Å². The quantitative estimate of drug-likeness (QED) is 0.438. The number of carboxylic acids is 1. The SMILES string of the molecule is Cc1ccc(S(=O)(=O)N2[C@@H](c3ccc(C(C)(C)C)cc3)C(C(=O)O)=CC[C@H]2c2ccc3c(c2)OCO3)cc1. The van der Waals surface area contributed by atoms with Crippen LogP contribution < -0.4 is 9.47 Å². The molecule has 0 aliphatic carbocycles. The van der Waals surface area contributed by atoms with Crippen LogP contribution in [0.2, 0.25) is 0 Å². The molecule has 0 radical (unpaired) electrons. The van der Waals surface area contributed by atoms with Crippen molar-refractivity contribution in [2.75, 3.05) is 6.79 Å². The van der Waals surface area contributed by atoms with Crippen LogP contribution >= 0.6 is 0 Å². The van der Waals surface area contributed by atoms with E-state index in [1.807, 2.05) is 37.3 Å². The third kappa shape index (κ3) is 4.70. The smallest absolute Gasteiger partial charge is 0.333 e. The van der Waals surface area contributed by atoms with Gasteiger partial charge in [0, 0.05) is 0 Å². The summed E-state index contributed by atoms with van der Waals surface area (Å²) in [4.78, 5) is 12.6. The summed E-state index contributed by atoms with van der Waals surface area (Å²) in [6.07, 6.45) is 1.84. The molecule has 198 valence electrons. The van der Waals surface area contributed by atoms with Crippen molar-refractivity contribution in [3.05, 3.63) is 101 Å². The van der Waals surface area contributed by atoms with Crippen molar-refractivity contribution in [3.8, 4) is 11.5 Å². The molecule has 2 atom stereocenters. The minimum Gasteiger partial charge on any atom is -0.478 e. The lowest BCUT2D eigenvalue weighted by Gasteiger charge is -2.40. The number of sulfonamides is 1. The van der Waals surface area contributed by atoms with Crippen molar-refractivity contribution in [3.63, 3.8) is 0 Å². The average Bonchev–Trinajstić information content (AvgIpc) is 3.35. The maximum absolute atomic E-state index is 14.3. The summed E-state index contributed by atoms with van der Waals surface area (Å²) in [6.45, 7) is 8.26. The summed E-state index contributed by atoms with van der Waals surface area (Å²) in [6, 6.07) is 17.8. The number of ether oxygens (including phenoxy) is 2. The van der Waals surface area contributed by atoms with Gasteiger partial charge < -0.3 is 14.6 Å². The zero-order chi connectivity index (χ0) is 27.2. The minimum absolute atomic E-state index is 0.0289. The highest BCUT2D eigenvalue weighted by Gasteiger charge is 2.45. The molecule has 1 N–H and O–H groups in total. The van der Waals surface area contributed by atoms with Crippen LogP contribution in [0.4, 0.5) is 0 Å². The number of benzene rings is 3. The molecule has 0 spiro atoms. The molecule has 5 rings (SSSR count). The fourth-order valence-corrected chi connectivity index (χ4v) is 6.79. The van der Waals surface area contributed by atoms with E-state index >= 15 is 0 Å². The molecule has 0 saturated heterocycles. The summed E-state index contributed by atoms with van der Waals surface area (Å²) < 4.78 is 41.1. The Balaban J connectivity index is 1.71. The third-order valence-corrected chi connectivity index (χ3v) is 9.02. The molecule has 0 aromatic heterocycles. The Morgan fingerprint density at radius 3 is 2.18 bits per heavy atom. The zero-order valence-corrected chi connectivity index (χ0v) is 22.7. The topological polar surface area (TPSA) is 93.1 Å². The standard InChI is InChI=1S/C30H31NO6S/c1-19-5-12-23(13-6-19)38(34,35)31-25(21-9-16-26-27(17-21)37-18-36-26)15-14-24(29(32)33)28(31)20-7-10-22(11-8-20)30(2,3)4/h5-14,16-17,25,28H,15,18H2,1-4H3,(H,32,33)/t25-,28-/m0/s1. The monoisotopic (exact) mass is 533 g/mol. The van der Waals surface area contributed by atoms with Crippen molar-refractivity contribution in [1.82, 2.24) is 4.31 Å². The first kappa shape index (κ1) is 26.0. The van der Waals surface area contributed by atoms with Gasteiger partial charge in [0.05, 0.1) is 22.6 Å². The first-order chi connectivity index (χ1) is 18.0. The van der Waals surface area contributed by atoms with Gasteiger partial charge in [-0.3, -0.25) is 0 Å². The number of aliphatic carboxylic acids is 1. The van der Waals surface area contributed by atoms with Gasteiger partial charge in [-0.2, -0.15) is 4.31 Å². The molecule has 0 fully saturated rings. The normalized spacial score (nSPS) is 19.7. The lowest BCUT2D eigenvalue weighted by molar-refractivity contribution is -0.133. The Morgan fingerprint density at radius 2 is 1.55 bits per heavy atom. The third-order valence-electron chi connectivity index (χ3n) is 7.13. The molecule has 0 unspecified atom stereocenters. The summed E-state index contributed by atoms with van der Waals surface area (Å²) in [5, 5.41) is 10.2. The molecule has 0 amide bonds. The highest BCUT2D eigenvalue weighted by Crippen LogP contribution is 2.47. The summed E-state index contributed by atoms with van der Waals surface area (Å²) >= 11 is 0. The molecule has 3 aromatic rings. The first-order valence-corrected chi connectivity index (χ1v) is 13.9. The minimum atomic E-state index is -4.14. The van der Waals surface area contributed by atoms with Crippen LogP contribution in [0.5, 0.6) is 11.5 Å². The second kappa shape index (κ2) is 9.60. The van der Waals surface area contributed by atoms with Crippen LogP contribution in [0.1, 0.15) is 61.5 Å². The van der Waals surface area contributed by atoms with Gasteiger partial charge in [-0.05, 0) is 59.7 Å². The molecule has 0 bridgehead atoms. The average molecular weight is 534 g/mol. The number of carbonyl (C=O) groups is 1. The summed E-state index contributed by atoms with van der Waals surface area (Å²) in [5.74, 6) is -0.0222. The molecule has 2 aliphatic rings. The van der Waals surface area contributed by atoms with Gasteiger partial charge in [-0.25, -0.2) is 13.2 Å². The molecule has 3 aromatic carbocycles. The first-order valence-electron chi connectivity index (χ1n) is 12.5. The fraction of sp³-hybridized carbons (Fsp3) is 0.300. The summed E-state index contributed by atoms with van der Waals surface area (Å²) in [7, 11) is -4.14. The van der Waals surface area contributed by atoms with Crippen molar-refractivity contribution in [2.45, 2.75) is 56.5 Å². The Labute approximate surface area is 223 Å².